The van der Waals surface area contributed by atoms with E-state index in [4.69, 9.17) is 14.6 Å². The smallest absolute Gasteiger partial charge is 0.254 e. The molecule has 1 saturated heterocycles. The average molecular weight is 229 g/mol. The molecule has 0 aromatic carbocycles. The molecule has 5 nitrogen and oxygen atoms in total. The molecule has 1 atom stereocenters. The zero-order valence-electron chi connectivity index (χ0n) is 9.43. The molecule has 1 amide bonds. The Labute approximate surface area is 95.3 Å². The van der Waals surface area contributed by atoms with Crippen LogP contribution in [-0.4, -0.2) is 61.0 Å². The summed E-state index contributed by atoms with van der Waals surface area (Å²) in [6.07, 6.45) is 2.78. The molecule has 0 spiro atoms. The van der Waals surface area contributed by atoms with E-state index in [0.717, 1.165) is 12.8 Å². The van der Waals surface area contributed by atoms with Crippen molar-refractivity contribution in [1.82, 2.24) is 4.90 Å². The summed E-state index contributed by atoms with van der Waals surface area (Å²) in [7, 11) is 0. The molecule has 5 heteroatoms. The molecule has 1 saturated carbocycles. The van der Waals surface area contributed by atoms with Crippen LogP contribution < -0.4 is 0 Å². The van der Waals surface area contributed by atoms with Crippen LogP contribution in [0.3, 0.4) is 0 Å². The van der Waals surface area contributed by atoms with Gasteiger partial charge in [-0.2, -0.15) is 0 Å². The summed E-state index contributed by atoms with van der Waals surface area (Å²) in [6, 6.07) is 0.296. The molecule has 0 radical (unpaired) electrons. The monoisotopic (exact) mass is 229 g/mol. The topological polar surface area (TPSA) is 59.0 Å². The van der Waals surface area contributed by atoms with Gasteiger partial charge in [0.05, 0.1) is 26.4 Å². The Hall–Kier alpha value is -0.650. The standard InChI is InChI=1S/C11H19NO4/c13-5-4-12(9-2-1-3-9)11(14)10-8-15-6-7-16-10/h9-10,13H,1-8H2. The molecule has 92 valence electrons. The van der Waals surface area contributed by atoms with E-state index in [0.29, 0.717) is 32.4 Å². The summed E-state index contributed by atoms with van der Waals surface area (Å²) >= 11 is 0. The van der Waals surface area contributed by atoms with Crippen LogP contribution in [0.1, 0.15) is 19.3 Å². The molecule has 1 unspecified atom stereocenters. The fraction of sp³-hybridized carbons (Fsp3) is 0.909. The van der Waals surface area contributed by atoms with Crippen molar-refractivity contribution in [3.63, 3.8) is 0 Å². The molecule has 1 aliphatic heterocycles. The molecular weight excluding hydrogens is 210 g/mol. The van der Waals surface area contributed by atoms with Crippen molar-refractivity contribution in [2.45, 2.75) is 31.4 Å². The SMILES string of the molecule is O=C(C1COCCO1)N(CCO)C1CCC1. The largest absolute Gasteiger partial charge is 0.395 e. The predicted molar refractivity (Wildman–Crippen MR) is 57.0 cm³/mol. The van der Waals surface area contributed by atoms with Gasteiger partial charge in [-0.3, -0.25) is 4.79 Å². The molecule has 1 N–H and O–H groups in total. The van der Waals surface area contributed by atoms with Gasteiger partial charge in [0.1, 0.15) is 0 Å². The van der Waals surface area contributed by atoms with Crippen LogP contribution in [0, 0.1) is 0 Å². The third-order valence-corrected chi connectivity index (χ3v) is 3.23. The molecule has 0 aromatic rings. The Balaban J connectivity index is 1.92. The van der Waals surface area contributed by atoms with E-state index in [1.54, 1.807) is 4.90 Å². The van der Waals surface area contributed by atoms with Crippen LogP contribution in [0.15, 0.2) is 0 Å². The van der Waals surface area contributed by atoms with Crippen LogP contribution in [0.2, 0.25) is 0 Å². The van der Waals surface area contributed by atoms with Crippen LogP contribution in [0.4, 0.5) is 0 Å². The Morgan fingerprint density at radius 3 is 2.69 bits per heavy atom. The number of carbonyl (C=O) groups is 1. The minimum Gasteiger partial charge on any atom is -0.395 e. The van der Waals surface area contributed by atoms with E-state index < -0.39 is 6.10 Å². The second kappa shape index (κ2) is 5.61. The maximum absolute atomic E-state index is 12.1. The quantitative estimate of drug-likeness (QED) is 0.724. The minimum absolute atomic E-state index is 0.00974. The fourth-order valence-corrected chi connectivity index (χ4v) is 2.09. The first-order valence-corrected chi connectivity index (χ1v) is 5.93. The zero-order valence-corrected chi connectivity index (χ0v) is 9.43. The van der Waals surface area contributed by atoms with Crippen molar-refractivity contribution in [2.24, 2.45) is 0 Å². The van der Waals surface area contributed by atoms with E-state index >= 15 is 0 Å². The summed E-state index contributed by atoms with van der Waals surface area (Å²) < 4.78 is 10.6. The number of aliphatic hydroxyl groups excluding tert-OH is 1. The summed E-state index contributed by atoms with van der Waals surface area (Å²) in [5, 5.41) is 8.99. The number of carbonyl (C=O) groups excluding carboxylic acids is 1. The highest BCUT2D eigenvalue weighted by Crippen LogP contribution is 2.25. The number of hydrogen-bond acceptors (Lipinski definition) is 4. The fourth-order valence-electron chi connectivity index (χ4n) is 2.09. The lowest BCUT2D eigenvalue weighted by atomic mass is 9.91. The molecule has 1 aliphatic carbocycles. The van der Waals surface area contributed by atoms with E-state index in [9.17, 15) is 4.79 Å². The van der Waals surface area contributed by atoms with Gasteiger partial charge < -0.3 is 19.5 Å². The highest BCUT2D eigenvalue weighted by atomic mass is 16.6. The first kappa shape index (κ1) is 11.8. The normalized spacial score (nSPS) is 26.2. The van der Waals surface area contributed by atoms with Gasteiger partial charge in [0, 0.05) is 12.6 Å². The number of hydrogen-bond donors (Lipinski definition) is 1. The molecule has 1 heterocycles. The minimum atomic E-state index is -0.471. The number of amides is 1. The third kappa shape index (κ3) is 2.53. The molecular formula is C11H19NO4. The number of rotatable bonds is 4. The lowest BCUT2D eigenvalue weighted by Gasteiger charge is -2.39. The predicted octanol–water partition coefficient (Wildman–Crippen LogP) is -0.225. The summed E-state index contributed by atoms with van der Waals surface area (Å²) in [5.41, 5.74) is 0. The number of nitrogens with zero attached hydrogens (tertiary/aromatic N) is 1. The first-order chi connectivity index (χ1) is 7.83. The summed E-state index contributed by atoms with van der Waals surface area (Å²) in [5.74, 6) is -0.0292. The van der Waals surface area contributed by atoms with Crippen LogP contribution >= 0.6 is 0 Å². The van der Waals surface area contributed by atoms with Crippen molar-refractivity contribution in [2.75, 3.05) is 33.0 Å². The van der Waals surface area contributed by atoms with E-state index in [1.807, 2.05) is 0 Å². The van der Waals surface area contributed by atoms with Crippen LogP contribution in [0.5, 0.6) is 0 Å². The van der Waals surface area contributed by atoms with Gasteiger partial charge in [-0.1, -0.05) is 0 Å². The van der Waals surface area contributed by atoms with Crippen LogP contribution in [0.25, 0.3) is 0 Å². The summed E-state index contributed by atoms with van der Waals surface area (Å²) in [6.45, 7) is 1.80. The summed E-state index contributed by atoms with van der Waals surface area (Å²) in [4.78, 5) is 13.9. The van der Waals surface area contributed by atoms with E-state index in [1.165, 1.54) is 6.42 Å². The zero-order chi connectivity index (χ0) is 11.4. The highest BCUT2D eigenvalue weighted by molar-refractivity contribution is 5.81. The second-order valence-corrected chi connectivity index (χ2v) is 4.27. The maximum Gasteiger partial charge on any atom is 0.254 e. The first-order valence-electron chi connectivity index (χ1n) is 5.93. The van der Waals surface area contributed by atoms with Crippen molar-refractivity contribution < 1.29 is 19.4 Å². The van der Waals surface area contributed by atoms with Gasteiger partial charge in [0.15, 0.2) is 6.10 Å². The maximum atomic E-state index is 12.1. The molecule has 0 aromatic heterocycles. The molecule has 2 rings (SSSR count). The van der Waals surface area contributed by atoms with Crippen LogP contribution in [-0.2, 0) is 14.3 Å². The average Bonchev–Trinajstić information content (AvgIpc) is 2.26. The third-order valence-electron chi connectivity index (χ3n) is 3.23. The molecule has 16 heavy (non-hydrogen) atoms. The Morgan fingerprint density at radius 2 is 2.19 bits per heavy atom. The van der Waals surface area contributed by atoms with E-state index in [-0.39, 0.29) is 12.5 Å². The Kier molecular flexibility index (Phi) is 4.15. The van der Waals surface area contributed by atoms with Gasteiger partial charge in [-0.15, -0.1) is 0 Å². The number of aliphatic hydroxyl groups is 1. The highest BCUT2D eigenvalue weighted by Gasteiger charge is 2.33. The van der Waals surface area contributed by atoms with Gasteiger partial charge in [0.2, 0.25) is 0 Å². The van der Waals surface area contributed by atoms with Gasteiger partial charge in [0.25, 0.3) is 5.91 Å². The second-order valence-electron chi connectivity index (χ2n) is 4.27. The Bertz CT molecular complexity index is 236. The lowest BCUT2D eigenvalue weighted by molar-refractivity contribution is -0.162. The molecule has 0 bridgehead atoms. The molecule has 2 fully saturated rings. The number of ether oxygens (including phenoxy) is 2. The van der Waals surface area contributed by atoms with Gasteiger partial charge in [-0.25, -0.2) is 0 Å². The van der Waals surface area contributed by atoms with E-state index in [2.05, 4.69) is 0 Å². The Morgan fingerprint density at radius 1 is 1.38 bits per heavy atom. The lowest BCUT2D eigenvalue weighted by Crippen LogP contribution is -2.52. The van der Waals surface area contributed by atoms with Crippen molar-refractivity contribution >= 4 is 5.91 Å². The molecule has 2 aliphatic rings. The van der Waals surface area contributed by atoms with Crippen molar-refractivity contribution in [3.05, 3.63) is 0 Å². The van der Waals surface area contributed by atoms with Gasteiger partial charge in [-0.05, 0) is 19.3 Å². The van der Waals surface area contributed by atoms with Crippen molar-refractivity contribution in [1.29, 1.82) is 0 Å². The van der Waals surface area contributed by atoms with Crippen molar-refractivity contribution in [3.8, 4) is 0 Å². The van der Waals surface area contributed by atoms with Gasteiger partial charge >= 0.3 is 0 Å².